The molecule has 0 amide bonds. The van der Waals surface area contributed by atoms with E-state index in [9.17, 15) is 0 Å². The van der Waals surface area contributed by atoms with E-state index in [1.54, 1.807) is 0 Å². The first kappa shape index (κ1) is 25.2. The second kappa shape index (κ2) is 9.29. The molecule has 11 rings (SSSR count). The summed E-state index contributed by atoms with van der Waals surface area (Å²) in [5, 5.41) is 12.6. The van der Waals surface area contributed by atoms with Crippen LogP contribution in [0.4, 0.5) is 0 Å². The second-order valence-electron chi connectivity index (χ2n) is 12.4. The van der Waals surface area contributed by atoms with Crippen molar-refractivity contribution in [2.24, 2.45) is 0 Å². The highest BCUT2D eigenvalue weighted by Gasteiger charge is 2.22. The van der Waals surface area contributed by atoms with Gasteiger partial charge in [0.15, 0.2) is 0 Å². The Morgan fingerprint density at radius 2 is 1.23 bits per heavy atom. The number of thiophene rings is 1. The van der Waals surface area contributed by atoms with E-state index >= 15 is 0 Å². The lowest BCUT2D eigenvalue weighted by Crippen LogP contribution is -1.95. The molecule has 4 aromatic heterocycles. The molecule has 3 nitrogen and oxygen atoms in total. The summed E-state index contributed by atoms with van der Waals surface area (Å²) in [7, 11) is 0. The zero-order valence-corrected chi connectivity index (χ0v) is 26.0. The van der Waals surface area contributed by atoms with Crippen LogP contribution >= 0.6 is 11.3 Å². The average molecular weight is 616 g/mol. The van der Waals surface area contributed by atoms with Crippen LogP contribution in [0.25, 0.3) is 96.7 Å². The highest BCUT2D eigenvalue weighted by atomic mass is 32.1. The maximum atomic E-state index is 4.56. The van der Waals surface area contributed by atoms with E-state index in [1.165, 1.54) is 91.0 Å². The predicted octanol–water partition coefficient (Wildman–Crippen LogP) is 12.0. The standard InChI is InChI=1S/C43H25N3S/c1-2-10-28-24-29(17-16-26(28)8-1)45-37-22-23-44-25-34(37)31-19-21-39-41(42(31)45)33-18-20-38-40(43(33)47-39)32-13-5-6-14-36(32)46(38)35-15-7-11-27-9-3-4-12-30(27)35/h1-25H. The van der Waals surface area contributed by atoms with Crippen LogP contribution in [-0.4, -0.2) is 14.1 Å². The molecule has 0 aliphatic carbocycles. The Bertz CT molecular complexity index is 3080. The van der Waals surface area contributed by atoms with Crippen LogP contribution in [0.3, 0.4) is 0 Å². The highest BCUT2D eigenvalue weighted by molar-refractivity contribution is 7.27. The molecule has 218 valence electrons. The molecule has 0 aliphatic heterocycles. The topological polar surface area (TPSA) is 22.8 Å². The van der Waals surface area contributed by atoms with Crippen molar-refractivity contribution in [1.82, 2.24) is 14.1 Å². The summed E-state index contributed by atoms with van der Waals surface area (Å²) < 4.78 is 7.54. The molecule has 0 radical (unpaired) electrons. The Kier molecular flexibility index (Phi) is 4.99. The number of hydrogen-bond acceptors (Lipinski definition) is 2. The third-order valence-electron chi connectivity index (χ3n) is 9.96. The first-order valence-electron chi connectivity index (χ1n) is 16.0. The minimum absolute atomic E-state index is 1.16. The Morgan fingerprint density at radius 3 is 2.17 bits per heavy atom. The van der Waals surface area contributed by atoms with Gasteiger partial charge in [0, 0.05) is 65.2 Å². The highest BCUT2D eigenvalue weighted by Crippen LogP contribution is 2.47. The molecule has 0 N–H and O–H groups in total. The Balaban J connectivity index is 1.30. The summed E-state index contributed by atoms with van der Waals surface area (Å²) in [6.45, 7) is 0. The number of benzene rings is 7. The van der Waals surface area contributed by atoms with Gasteiger partial charge < -0.3 is 9.13 Å². The molecule has 47 heavy (non-hydrogen) atoms. The number of rotatable bonds is 2. The van der Waals surface area contributed by atoms with Crippen LogP contribution in [0.15, 0.2) is 152 Å². The van der Waals surface area contributed by atoms with Crippen molar-refractivity contribution in [3.05, 3.63) is 152 Å². The Hall–Kier alpha value is -5.97. The third kappa shape index (κ3) is 3.37. The fraction of sp³-hybridized carbons (Fsp3) is 0. The first-order valence-corrected chi connectivity index (χ1v) is 16.8. The van der Waals surface area contributed by atoms with Crippen molar-refractivity contribution in [2.45, 2.75) is 0 Å². The van der Waals surface area contributed by atoms with Crippen LogP contribution in [-0.2, 0) is 0 Å². The zero-order chi connectivity index (χ0) is 30.6. The molecule has 0 unspecified atom stereocenters. The van der Waals surface area contributed by atoms with Gasteiger partial charge in [-0.05, 0) is 58.6 Å². The van der Waals surface area contributed by atoms with Crippen molar-refractivity contribution in [3.63, 3.8) is 0 Å². The Labute approximate surface area is 273 Å². The summed E-state index contributed by atoms with van der Waals surface area (Å²) in [4.78, 5) is 4.56. The molecule has 0 bridgehead atoms. The van der Waals surface area contributed by atoms with Gasteiger partial charge in [-0.1, -0.05) is 97.1 Å². The minimum atomic E-state index is 1.16. The lowest BCUT2D eigenvalue weighted by molar-refractivity contribution is 1.19. The molecular formula is C43H25N3S. The van der Waals surface area contributed by atoms with Gasteiger partial charge in [-0.25, -0.2) is 0 Å². The predicted molar refractivity (Wildman–Crippen MR) is 201 cm³/mol. The number of hydrogen-bond donors (Lipinski definition) is 0. The number of pyridine rings is 1. The normalized spacial score (nSPS) is 12.3. The van der Waals surface area contributed by atoms with Crippen molar-refractivity contribution in [1.29, 1.82) is 0 Å². The molecular weight excluding hydrogens is 591 g/mol. The number of aromatic nitrogens is 3. The lowest BCUT2D eigenvalue weighted by Gasteiger charge is -2.11. The monoisotopic (exact) mass is 615 g/mol. The number of para-hydroxylation sites is 1. The van der Waals surface area contributed by atoms with Gasteiger partial charge in [-0.3, -0.25) is 4.98 Å². The van der Waals surface area contributed by atoms with E-state index in [2.05, 4.69) is 154 Å². The van der Waals surface area contributed by atoms with E-state index in [0.29, 0.717) is 0 Å². The van der Waals surface area contributed by atoms with Gasteiger partial charge in [0.05, 0.1) is 27.8 Å². The summed E-state index contributed by atoms with van der Waals surface area (Å²) in [5.41, 5.74) is 7.24. The SMILES string of the molecule is c1ccc2cc(-n3c4ccncc4c4ccc5sc6c(ccc7c6c6ccccc6n7-c6cccc7ccccc67)c5c43)ccc2c1. The molecule has 4 heterocycles. The van der Waals surface area contributed by atoms with E-state index in [-0.39, 0.29) is 0 Å². The van der Waals surface area contributed by atoms with Gasteiger partial charge in [-0.2, -0.15) is 0 Å². The molecule has 7 aromatic carbocycles. The number of fused-ring (bicyclic) bond motifs is 13. The molecule has 4 heteroatoms. The fourth-order valence-electron chi connectivity index (χ4n) is 7.97. The number of nitrogens with zero attached hydrogens (tertiary/aromatic N) is 3. The minimum Gasteiger partial charge on any atom is -0.309 e. The summed E-state index contributed by atoms with van der Waals surface area (Å²) >= 11 is 1.91. The summed E-state index contributed by atoms with van der Waals surface area (Å²) in [6.07, 6.45) is 3.93. The first-order chi connectivity index (χ1) is 23.3. The smallest absolute Gasteiger partial charge is 0.0634 e. The summed E-state index contributed by atoms with van der Waals surface area (Å²) in [5.74, 6) is 0. The van der Waals surface area contributed by atoms with E-state index < -0.39 is 0 Å². The van der Waals surface area contributed by atoms with E-state index in [1.807, 2.05) is 23.7 Å². The van der Waals surface area contributed by atoms with E-state index in [4.69, 9.17) is 0 Å². The molecule has 0 saturated carbocycles. The van der Waals surface area contributed by atoms with Crippen LogP contribution in [0.1, 0.15) is 0 Å². The molecule has 0 fully saturated rings. The third-order valence-corrected chi connectivity index (χ3v) is 11.2. The summed E-state index contributed by atoms with van der Waals surface area (Å²) in [6, 6.07) is 51.1. The van der Waals surface area contributed by atoms with Crippen LogP contribution in [0, 0.1) is 0 Å². The van der Waals surface area contributed by atoms with Gasteiger partial charge >= 0.3 is 0 Å². The molecule has 0 aliphatic rings. The Morgan fingerprint density at radius 1 is 0.468 bits per heavy atom. The largest absolute Gasteiger partial charge is 0.309 e. The van der Waals surface area contributed by atoms with Gasteiger partial charge in [0.25, 0.3) is 0 Å². The van der Waals surface area contributed by atoms with Gasteiger partial charge in [-0.15, -0.1) is 11.3 Å². The molecule has 11 aromatic rings. The average Bonchev–Trinajstić information content (AvgIpc) is 3.78. The maximum Gasteiger partial charge on any atom is 0.0634 e. The maximum absolute atomic E-state index is 4.56. The van der Waals surface area contributed by atoms with Crippen LogP contribution in [0.2, 0.25) is 0 Å². The molecule has 0 saturated heterocycles. The van der Waals surface area contributed by atoms with Gasteiger partial charge in [0.2, 0.25) is 0 Å². The van der Waals surface area contributed by atoms with E-state index in [0.717, 1.165) is 5.69 Å². The van der Waals surface area contributed by atoms with Crippen molar-refractivity contribution >= 4 is 96.7 Å². The quantitative estimate of drug-likeness (QED) is 0.190. The van der Waals surface area contributed by atoms with Crippen molar-refractivity contribution in [2.75, 3.05) is 0 Å². The fourth-order valence-corrected chi connectivity index (χ4v) is 9.23. The van der Waals surface area contributed by atoms with Crippen molar-refractivity contribution < 1.29 is 0 Å². The second-order valence-corrected chi connectivity index (χ2v) is 13.4. The van der Waals surface area contributed by atoms with Crippen LogP contribution < -0.4 is 0 Å². The zero-order valence-electron chi connectivity index (χ0n) is 25.2. The van der Waals surface area contributed by atoms with Gasteiger partial charge in [0.1, 0.15) is 0 Å². The van der Waals surface area contributed by atoms with Crippen LogP contribution in [0.5, 0.6) is 0 Å². The lowest BCUT2D eigenvalue weighted by atomic mass is 10.1. The molecule has 0 spiro atoms. The molecule has 0 atom stereocenters. The van der Waals surface area contributed by atoms with Crippen molar-refractivity contribution in [3.8, 4) is 11.4 Å².